The predicted octanol–water partition coefficient (Wildman–Crippen LogP) is 0.205. The average Bonchev–Trinajstić information content (AvgIpc) is 2.86. The molecule has 1 amide bonds. The van der Waals surface area contributed by atoms with Gasteiger partial charge < -0.3 is 14.4 Å². The van der Waals surface area contributed by atoms with E-state index in [0.717, 1.165) is 4.31 Å². The van der Waals surface area contributed by atoms with Crippen molar-refractivity contribution < 1.29 is 22.7 Å². The molecule has 0 bridgehead atoms. The Labute approximate surface area is 136 Å². The van der Waals surface area contributed by atoms with Crippen LogP contribution in [0.25, 0.3) is 0 Å². The van der Waals surface area contributed by atoms with Crippen LogP contribution < -0.4 is 19.1 Å². The number of ether oxygens (including phenoxy) is 2. The van der Waals surface area contributed by atoms with Gasteiger partial charge in [-0.1, -0.05) is 0 Å². The van der Waals surface area contributed by atoms with Crippen LogP contribution in [0.4, 0.5) is 5.69 Å². The molecule has 8 nitrogen and oxygen atoms in total. The van der Waals surface area contributed by atoms with Gasteiger partial charge in [0.1, 0.15) is 0 Å². The molecule has 1 aliphatic heterocycles. The predicted molar refractivity (Wildman–Crippen MR) is 86.0 cm³/mol. The molecule has 1 fully saturated rings. The fourth-order valence-corrected chi connectivity index (χ4v) is 3.13. The SMILES string of the molecule is COc1ccc(N2C[C@H](NS(=O)(=O)N(C)C)CC2=O)cc1OC. The van der Waals surface area contributed by atoms with Crippen molar-refractivity contribution in [2.75, 3.05) is 39.8 Å². The number of carbonyl (C=O) groups is 1. The van der Waals surface area contributed by atoms with E-state index in [2.05, 4.69) is 4.72 Å². The molecule has 1 heterocycles. The number of nitrogens with one attached hydrogen (secondary N) is 1. The number of anilines is 1. The molecule has 9 heteroatoms. The first kappa shape index (κ1) is 17.5. The summed E-state index contributed by atoms with van der Waals surface area (Å²) in [7, 11) is 2.34. The van der Waals surface area contributed by atoms with E-state index in [1.165, 1.54) is 33.2 Å². The molecule has 0 saturated carbocycles. The van der Waals surface area contributed by atoms with Crippen molar-refractivity contribution in [1.82, 2.24) is 9.03 Å². The first-order chi connectivity index (χ1) is 10.8. The Kier molecular flexibility index (Phi) is 5.12. The van der Waals surface area contributed by atoms with Crippen molar-refractivity contribution in [2.45, 2.75) is 12.5 Å². The van der Waals surface area contributed by atoms with Gasteiger partial charge in [0.2, 0.25) is 5.91 Å². The molecule has 1 aliphatic rings. The molecule has 0 radical (unpaired) electrons. The lowest BCUT2D eigenvalue weighted by Gasteiger charge is -2.20. The Bertz CT molecular complexity index is 690. The van der Waals surface area contributed by atoms with E-state index in [0.29, 0.717) is 17.2 Å². The quantitative estimate of drug-likeness (QED) is 0.797. The van der Waals surface area contributed by atoms with Crippen LogP contribution >= 0.6 is 0 Å². The number of nitrogens with zero attached hydrogens (tertiary/aromatic N) is 2. The van der Waals surface area contributed by atoms with Crippen LogP contribution in [0.15, 0.2) is 18.2 Å². The monoisotopic (exact) mass is 343 g/mol. The molecule has 2 rings (SSSR count). The van der Waals surface area contributed by atoms with E-state index in [-0.39, 0.29) is 18.9 Å². The highest BCUT2D eigenvalue weighted by molar-refractivity contribution is 7.87. The molecular formula is C14H21N3O5S. The molecule has 0 spiro atoms. The minimum atomic E-state index is -3.57. The second kappa shape index (κ2) is 6.73. The summed E-state index contributed by atoms with van der Waals surface area (Å²) >= 11 is 0. The fourth-order valence-electron chi connectivity index (χ4n) is 2.34. The number of hydrogen-bond acceptors (Lipinski definition) is 5. The van der Waals surface area contributed by atoms with Gasteiger partial charge in [-0.05, 0) is 12.1 Å². The third-order valence-corrected chi connectivity index (χ3v) is 5.19. The summed E-state index contributed by atoms with van der Waals surface area (Å²) in [6.07, 6.45) is 0.113. The Morgan fingerprint density at radius 3 is 2.43 bits per heavy atom. The summed E-state index contributed by atoms with van der Waals surface area (Å²) in [6, 6.07) is 4.67. The Morgan fingerprint density at radius 1 is 1.22 bits per heavy atom. The smallest absolute Gasteiger partial charge is 0.279 e. The minimum absolute atomic E-state index is 0.113. The number of benzene rings is 1. The number of methoxy groups -OCH3 is 2. The number of carbonyl (C=O) groups excluding carboxylic acids is 1. The lowest BCUT2D eigenvalue weighted by Crippen LogP contribution is -2.43. The second-order valence-electron chi connectivity index (χ2n) is 5.35. The summed E-state index contributed by atoms with van der Waals surface area (Å²) in [6.45, 7) is 0.265. The van der Waals surface area contributed by atoms with Gasteiger partial charge in [0.05, 0.1) is 14.2 Å². The summed E-state index contributed by atoms with van der Waals surface area (Å²) in [5, 5.41) is 0. The normalized spacial score (nSPS) is 18.6. The van der Waals surface area contributed by atoms with Gasteiger partial charge in [-0.15, -0.1) is 0 Å². The molecule has 23 heavy (non-hydrogen) atoms. The van der Waals surface area contributed by atoms with Gasteiger partial charge in [-0.25, -0.2) is 0 Å². The first-order valence-electron chi connectivity index (χ1n) is 7.00. The summed E-state index contributed by atoms with van der Waals surface area (Å²) in [5.41, 5.74) is 0.638. The van der Waals surface area contributed by atoms with Gasteiger partial charge in [0.25, 0.3) is 10.2 Å². The van der Waals surface area contributed by atoms with E-state index in [1.807, 2.05) is 0 Å². The molecule has 1 aromatic rings. The highest BCUT2D eigenvalue weighted by atomic mass is 32.2. The Balaban J connectivity index is 2.18. The second-order valence-corrected chi connectivity index (χ2v) is 7.27. The van der Waals surface area contributed by atoms with E-state index in [4.69, 9.17) is 9.47 Å². The highest BCUT2D eigenvalue weighted by Crippen LogP contribution is 2.33. The molecule has 0 aromatic heterocycles. The molecular weight excluding hydrogens is 322 g/mol. The lowest BCUT2D eigenvalue weighted by atomic mass is 10.2. The Hall–Kier alpha value is -1.84. The van der Waals surface area contributed by atoms with Crippen LogP contribution in [-0.4, -0.2) is 59.5 Å². The van der Waals surface area contributed by atoms with Crippen LogP contribution in [0.5, 0.6) is 11.5 Å². The molecule has 1 saturated heterocycles. The van der Waals surface area contributed by atoms with Crippen LogP contribution in [0.2, 0.25) is 0 Å². The first-order valence-corrected chi connectivity index (χ1v) is 8.44. The highest BCUT2D eigenvalue weighted by Gasteiger charge is 2.34. The standard InChI is InChI=1S/C14H21N3O5S/c1-16(2)23(19,20)15-10-7-14(18)17(9-10)11-5-6-12(21-3)13(8-11)22-4/h5-6,8,10,15H,7,9H2,1-4H3/t10-/m1/s1. The van der Waals surface area contributed by atoms with Crippen LogP contribution in [0.1, 0.15) is 6.42 Å². The maximum absolute atomic E-state index is 12.2. The third-order valence-electron chi connectivity index (χ3n) is 3.60. The van der Waals surface area contributed by atoms with Crippen molar-refractivity contribution in [3.63, 3.8) is 0 Å². The topological polar surface area (TPSA) is 88.2 Å². The number of rotatable bonds is 6. The molecule has 0 unspecified atom stereocenters. The van der Waals surface area contributed by atoms with Gasteiger partial charge in [-0.2, -0.15) is 17.4 Å². The van der Waals surface area contributed by atoms with Crippen LogP contribution in [-0.2, 0) is 15.0 Å². The van der Waals surface area contributed by atoms with Crippen molar-refractivity contribution in [1.29, 1.82) is 0 Å². The van der Waals surface area contributed by atoms with E-state index >= 15 is 0 Å². The van der Waals surface area contributed by atoms with E-state index in [1.54, 1.807) is 18.2 Å². The van der Waals surface area contributed by atoms with Gasteiger partial charge in [-0.3, -0.25) is 4.79 Å². The number of amides is 1. The number of hydrogen-bond donors (Lipinski definition) is 1. The molecule has 128 valence electrons. The zero-order chi connectivity index (χ0) is 17.2. The van der Waals surface area contributed by atoms with Crippen molar-refractivity contribution in [3.05, 3.63) is 18.2 Å². The van der Waals surface area contributed by atoms with Crippen molar-refractivity contribution in [2.24, 2.45) is 0 Å². The zero-order valence-electron chi connectivity index (χ0n) is 13.6. The Morgan fingerprint density at radius 2 is 1.87 bits per heavy atom. The lowest BCUT2D eigenvalue weighted by molar-refractivity contribution is -0.117. The van der Waals surface area contributed by atoms with E-state index < -0.39 is 16.3 Å². The molecule has 1 atom stereocenters. The van der Waals surface area contributed by atoms with E-state index in [9.17, 15) is 13.2 Å². The maximum atomic E-state index is 12.2. The third kappa shape index (κ3) is 3.74. The maximum Gasteiger partial charge on any atom is 0.279 e. The average molecular weight is 343 g/mol. The molecule has 1 aromatic carbocycles. The van der Waals surface area contributed by atoms with Crippen LogP contribution in [0.3, 0.4) is 0 Å². The largest absolute Gasteiger partial charge is 0.493 e. The summed E-state index contributed by atoms with van der Waals surface area (Å²) < 4.78 is 37.7. The molecule has 1 N–H and O–H groups in total. The van der Waals surface area contributed by atoms with Crippen molar-refractivity contribution in [3.8, 4) is 11.5 Å². The van der Waals surface area contributed by atoms with Gasteiger partial charge in [0.15, 0.2) is 11.5 Å². The van der Waals surface area contributed by atoms with Gasteiger partial charge >= 0.3 is 0 Å². The summed E-state index contributed by atoms with van der Waals surface area (Å²) in [4.78, 5) is 13.7. The minimum Gasteiger partial charge on any atom is -0.493 e. The van der Waals surface area contributed by atoms with Crippen molar-refractivity contribution >= 4 is 21.8 Å². The fraction of sp³-hybridized carbons (Fsp3) is 0.500. The molecule has 0 aliphatic carbocycles. The summed E-state index contributed by atoms with van der Waals surface area (Å²) in [5.74, 6) is 0.923. The zero-order valence-corrected chi connectivity index (χ0v) is 14.4. The van der Waals surface area contributed by atoms with Crippen LogP contribution in [0, 0.1) is 0 Å². The van der Waals surface area contributed by atoms with Gasteiger partial charge in [0, 0.05) is 44.9 Å².